The summed E-state index contributed by atoms with van der Waals surface area (Å²) < 4.78 is 7.65. The monoisotopic (exact) mass is 311 g/mol. The minimum atomic E-state index is -0.0992. The maximum absolute atomic E-state index is 12.9. The van der Waals surface area contributed by atoms with Crippen molar-refractivity contribution in [3.63, 3.8) is 0 Å². The van der Waals surface area contributed by atoms with Crippen LogP contribution in [-0.4, -0.2) is 26.9 Å². The van der Waals surface area contributed by atoms with E-state index in [0.29, 0.717) is 24.8 Å². The molecule has 3 rings (SSSR count). The number of amides is 1. The van der Waals surface area contributed by atoms with Gasteiger partial charge in [0.1, 0.15) is 11.4 Å². The lowest BCUT2D eigenvalue weighted by atomic mass is 10.2. The molecule has 120 valence electrons. The summed E-state index contributed by atoms with van der Waals surface area (Å²) in [6, 6.07) is 9.47. The van der Waals surface area contributed by atoms with Gasteiger partial charge in [-0.05, 0) is 18.1 Å². The Morgan fingerprint density at radius 3 is 2.78 bits per heavy atom. The van der Waals surface area contributed by atoms with Crippen LogP contribution in [0.25, 0.3) is 11.0 Å². The molecular formula is C18H21N3O2. The van der Waals surface area contributed by atoms with Gasteiger partial charge in [0.15, 0.2) is 5.76 Å². The number of carbonyl (C=O) groups is 1. The summed E-state index contributed by atoms with van der Waals surface area (Å²) in [5.74, 6) is 1.50. The van der Waals surface area contributed by atoms with Gasteiger partial charge in [-0.2, -0.15) is 0 Å². The summed E-state index contributed by atoms with van der Waals surface area (Å²) in [7, 11) is 1.93. The van der Waals surface area contributed by atoms with Crippen LogP contribution >= 0.6 is 0 Å². The number of imidazole rings is 1. The highest BCUT2D eigenvalue weighted by molar-refractivity contribution is 5.96. The van der Waals surface area contributed by atoms with E-state index in [9.17, 15) is 4.79 Å². The van der Waals surface area contributed by atoms with E-state index in [-0.39, 0.29) is 5.91 Å². The highest BCUT2D eigenvalue weighted by Crippen LogP contribution is 2.21. The van der Waals surface area contributed by atoms with Crippen molar-refractivity contribution < 1.29 is 9.21 Å². The number of hydrogen-bond donors (Lipinski definition) is 0. The van der Waals surface area contributed by atoms with Crippen molar-refractivity contribution in [1.82, 2.24) is 14.5 Å². The zero-order valence-corrected chi connectivity index (χ0v) is 13.7. The van der Waals surface area contributed by atoms with Gasteiger partial charge in [0.25, 0.3) is 5.91 Å². The molecule has 0 aliphatic rings. The lowest BCUT2D eigenvalue weighted by Gasteiger charge is -2.23. The molecule has 3 aromatic rings. The van der Waals surface area contributed by atoms with Crippen LogP contribution in [0.15, 0.2) is 47.1 Å². The van der Waals surface area contributed by atoms with Gasteiger partial charge in [-0.3, -0.25) is 4.79 Å². The van der Waals surface area contributed by atoms with Gasteiger partial charge < -0.3 is 13.9 Å². The van der Waals surface area contributed by atoms with Crippen molar-refractivity contribution in [3.8, 4) is 0 Å². The number of aryl methyl sites for hydroxylation is 1. The molecule has 0 spiro atoms. The number of aromatic nitrogens is 2. The molecule has 23 heavy (non-hydrogen) atoms. The largest absolute Gasteiger partial charge is 0.451 e. The number of furan rings is 1. The van der Waals surface area contributed by atoms with E-state index in [1.54, 1.807) is 11.1 Å². The Bertz CT molecular complexity index is 783. The number of hydrogen-bond acceptors (Lipinski definition) is 3. The molecule has 0 saturated heterocycles. The molecule has 0 radical (unpaired) electrons. The van der Waals surface area contributed by atoms with Gasteiger partial charge in [0.05, 0.1) is 6.54 Å². The maximum atomic E-state index is 12.9. The molecule has 5 nitrogen and oxygen atoms in total. The van der Waals surface area contributed by atoms with Gasteiger partial charge in [0.2, 0.25) is 0 Å². The first-order valence-corrected chi connectivity index (χ1v) is 7.78. The van der Waals surface area contributed by atoms with Gasteiger partial charge >= 0.3 is 0 Å². The van der Waals surface area contributed by atoms with Crippen molar-refractivity contribution in [2.24, 2.45) is 13.0 Å². The van der Waals surface area contributed by atoms with E-state index >= 15 is 0 Å². The number of benzene rings is 1. The van der Waals surface area contributed by atoms with Crippen LogP contribution in [0.2, 0.25) is 0 Å². The van der Waals surface area contributed by atoms with Crippen LogP contribution in [-0.2, 0) is 13.6 Å². The molecule has 0 fully saturated rings. The molecule has 0 N–H and O–H groups in total. The number of fused-ring (bicyclic) bond motifs is 1. The van der Waals surface area contributed by atoms with E-state index in [1.807, 2.05) is 48.1 Å². The molecule has 0 aliphatic carbocycles. The number of para-hydroxylation sites is 1. The third-order valence-electron chi connectivity index (χ3n) is 3.76. The number of rotatable bonds is 5. The minimum Gasteiger partial charge on any atom is -0.451 e. The predicted molar refractivity (Wildman–Crippen MR) is 89.0 cm³/mol. The second-order valence-electron chi connectivity index (χ2n) is 6.18. The Kier molecular flexibility index (Phi) is 4.19. The Morgan fingerprint density at radius 1 is 1.35 bits per heavy atom. The summed E-state index contributed by atoms with van der Waals surface area (Å²) in [6.45, 7) is 5.31. The molecule has 0 aliphatic heterocycles. The van der Waals surface area contributed by atoms with E-state index in [0.717, 1.165) is 16.8 Å². The fourth-order valence-electron chi connectivity index (χ4n) is 2.62. The van der Waals surface area contributed by atoms with E-state index < -0.39 is 0 Å². The highest BCUT2D eigenvalue weighted by Gasteiger charge is 2.22. The van der Waals surface area contributed by atoms with Gasteiger partial charge in [0, 0.05) is 31.4 Å². The van der Waals surface area contributed by atoms with Gasteiger partial charge in [-0.15, -0.1) is 0 Å². The topological polar surface area (TPSA) is 51.3 Å². The summed E-state index contributed by atoms with van der Waals surface area (Å²) in [5, 5.41) is 0.942. The van der Waals surface area contributed by atoms with Crippen LogP contribution in [0.4, 0.5) is 0 Å². The molecule has 2 aromatic heterocycles. The highest BCUT2D eigenvalue weighted by atomic mass is 16.3. The lowest BCUT2D eigenvalue weighted by Crippen LogP contribution is -2.34. The van der Waals surface area contributed by atoms with Crippen molar-refractivity contribution in [3.05, 3.63) is 54.3 Å². The first kappa shape index (κ1) is 15.3. The zero-order chi connectivity index (χ0) is 16.4. The molecular weight excluding hydrogens is 290 g/mol. The number of carbonyl (C=O) groups excluding carboxylic acids is 1. The van der Waals surface area contributed by atoms with E-state index in [2.05, 4.69) is 18.8 Å². The zero-order valence-electron chi connectivity index (χ0n) is 13.7. The average molecular weight is 311 g/mol. The van der Waals surface area contributed by atoms with Gasteiger partial charge in [-0.1, -0.05) is 32.0 Å². The Hall–Kier alpha value is -2.56. The molecule has 1 aromatic carbocycles. The van der Waals surface area contributed by atoms with Crippen molar-refractivity contribution in [2.75, 3.05) is 6.54 Å². The predicted octanol–water partition coefficient (Wildman–Crippen LogP) is 3.46. The first-order valence-electron chi connectivity index (χ1n) is 7.78. The SMILES string of the molecule is CC(C)CN(Cc1nccn1C)C(=O)c1cc2ccccc2o1. The Balaban J connectivity index is 1.88. The molecule has 2 heterocycles. The van der Waals surface area contributed by atoms with E-state index in [4.69, 9.17) is 4.42 Å². The van der Waals surface area contributed by atoms with Crippen LogP contribution in [0.1, 0.15) is 30.2 Å². The van der Waals surface area contributed by atoms with Crippen molar-refractivity contribution >= 4 is 16.9 Å². The first-order chi connectivity index (χ1) is 11.0. The summed E-state index contributed by atoms with van der Waals surface area (Å²) >= 11 is 0. The van der Waals surface area contributed by atoms with Crippen LogP contribution in [0.3, 0.4) is 0 Å². The second kappa shape index (κ2) is 6.28. The molecule has 0 unspecified atom stereocenters. The standard InChI is InChI=1S/C18H21N3O2/c1-13(2)11-21(12-17-19-8-9-20(17)3)18(22)16-10-14-6-4-5-7-15(14)23-16/h4-10,13H,11-12H2,1-3H3. The Labute approximate surface area is 135 Å². The molecule has 0 atom stereocenters. The average Bonchev–Trinajstić information content (AvgIpc) is 3.12. The molecule has 1 amide bonds. The fraction of sp³-hybridized carbons (Fsp3) is 0.333. The van der Waals surface area contributed by atoms with Crippen LogP contribution in [0, 0.1) is 5.92 Å². The van der Waals surface area contributed by atoms with Crippen molar-refractivity contribution in [2.45, 2.75) is 20.4 Å². The maximum Gasteiger partial charge on any atom is 0.290 e. The second-order valence-corrected chi connectivity index (χ2v) is 6.18. The van der Waals surface area contributed by atoms with Gasteiger partial charge in [-0.25, -0.2) is 4.98 Å². The quantitative estimate of drug-likeness (QED) is 0.725. The number of nitrogens with zero attached hydrogens (tertiary/aromatic N) is 3. The molecule has 0 bridgehead atoms. The third kappa shape index (κ3) is 3.28. The summed E-state index contributed by atoms with van der Waals surface area (Å²) in [5.41, 5.74) is 0.734. The summed E-state index contributed by atoms with van der Waals surface area (Å²) in [6.07, 6.45) is 3.63. The van der Waals surface area contributed by atoms with Crippen LogP contribution < -0.4 is 0 Å². The third-order valence-corrected chi connectivity index (χ3v) is 3.76. The fourth-order valence-corrected chi connectivity index (χ4v) is 2.62. The normalized spacial score (nSPS) is 11.3. The lowest BCUT2D eigenvalue weighted by molar-refractivity contribution is 0.0686. The summed E-state index contributed by atoms with van der Waals surface area (Å²) in [4.78, 5) is 19.0. The smallest absolute Gasteiger partial charge is 0.290 e. The Morgan fingerprint density at radius 2 is 2.13 bits per heavy atom. The van der Waals surface area contributed by atoms with Crippen molar-refractivity contribution in [1.29, 1.82) is 0 Å². The molecule has 5 heteroatoms. The van der Waals surface area contributed by atoms with E-state index in [1.165, 1.54) is 0 Å². The molecule has 0 saturated carbocycles. The van der Waals surface area contributed by atoms with Crippen LogP contribution in [0.5, 0.6) is 0 Å². The minimum absolute atomic E-state index is 0.0992.